The van der Waals surface area contributed by atoms with E-state index >= 15 is 0 Å². The van der Waals surface area contributed by atoms with Crippen LogP contribution >= 0.6 is 0 Å². The molecule has 2 heterocycles. The number of hydrogen-bond acceptors (Lipinski definition) is 4. The smallest absolute Gasteiger partial charge is 0.226 e. The molecule has 0 aliphatic carbocycles. The van der Waals surface area contributed by atoms with Crippen LogP contribution in [0.25, 0.3) is 0 Å². The highest BCUT2D eigenvalue weighted by Crippen LogP contribution is 2.15. The zero-order valence-corrected chi connectivity index (χ0v) is 10.9. The molecule has 0 radical (unpaired) electrons. The van der Waals surface area contributed by atoms with E-state index in [0.717, 1.165) is 37.7 Å². The molecule has 1 fully saturated rings. The average Bonchev–Trinajstić information content (AvgIpc) is 2.40. The van der Waals surface area contributed by atoms with Crippen molar-refractivity contribution in [2.45, 2.75) is 13.8 Å². The van der Waals surface area contributed by atoms with Gasteiger partial charge in [-0.05, 0) is 12.1 Å². The maximum absolute atomic E-state index is 11.5. The molecule has 0 saturated carbocycles. The summed E-state index contributed by atoms with van der Waals surface area (Å²) >= 11 is 0. The fraction of sp³-hybridized carbons (Fsp3) is 0.538. The molecule has 1 aromatic rings. The lowest BCUT2D eigenvalue weighted by molar-refractivity contribution is -0.118. The van der Waals surface area contributed by atoms with Gasteiger partial charge in [-0.1, -0.05) is 13.8 Å². The number of carbonyl (C=O) groups is 1. The standard InChI is InChI=1S/C13H20N4O/c1-10(2)13(18)16-11-3-4-12(15-9-11)17-7-5-14-6-8-17/h3-4,9-10,14H,5-8H2,1-2H3,(H,16,18). The maximum Gasteiger partial charge on any atom is 0.226 e. The second-order valence-corrected chi connectivity index (χ2v) is 4.79. The topological polar surface area (TPSA) is 57.3 Å². The molecule has 0 aromatic carbocycles. The van der Waals surface area contributed by atoms with Gasteiger partial charge in [0.05, 0.1) is 11.9 Å². The van der Waals surface area contributed by atoms with Crippen LogP contribution in [-0.2, 0) is 4.79 Å². The molecule has 2 N–H and O–H groups in total. The number of carbonyl (C=O) groups excluding carboxylic acids is 1. The van der Waals surface area contributed by atoms with Crippen molar-refractivity contribution in [3.8, 4) is 0 Å². The van der Waals surface area contributed by atoms with E-state index in [1.54, 1.807) is 6.20 Å². The first-order valence-electron chi connectivity index (χ1n) is 6.39. The summed E-state index contributed by atoms with van der Waals surface area (Å²) in [6.45, 7) is 7.69. The van der Waals surface area contributed by atoms with Crippen LogP contribution in [0.15, 0.2) is 18.3 Å². The summed E-state index contributed by atoms with van der Waals surface area (Å²) in [6, 6.07) is 3.87. The van der Waals surface area contributed by atoms with Gasteiger partial charge in [0.1, 0.15) is 5.82 Å². The number of aromatic nitrogens is 1. The third-order valence-electron chi connectivity index (χ3n) is 2.98. The molecule has 1 aliphatic heterocycles. The number of nitrogens with one attached hydrogen (secondary N) is 2. The monoisotopic (exact) mass is 248 g/mol. The largest absolute Gasteiger partial charge is 0.354 e. The van der Waals surface area contributed by atoms with E-state index in [2.05, 4.69) is 20.5 Å². The SMILES string of the molecule is CC(C)C(=O)Nc1ccc(N2CCNCC2)nc1. The van der Waals surface area contributed by atoms with Gasteiger partial charge in [-0.3, -0.25) is 4.79 Å². The minimum Gasteiger partial charge on any atom is -0.354 e. The number of piperazine rings is 1. The van der Waals surface area contributed by atoms with Crippen LogP contribution in [0.1, 0.15) is 13.8 Å². The third kappa shape index (κ3) is 3.20. The van der Waals surface area contributed by atoms with E-state index < -0.39 is 0 Å². The summed E-state index contributed by atoms with van der Waals surface area (Å²) in [7, 11) is 0. The molecule has 18 heavy (non-hydrogen) atoms. The Bertz CT molecular complexity index is 396. The minimum absolute atomic E-state index is 0.0159. The van der Waals surface area contributed by atoms with Gasteiger partial charge in [0.2, 0.25) is 5.91 Å². The molecule has 1 aromatic heterocycles. The molecule has 0 unspecified atom stereocenters. The fourth-order valence-corrected chi connectivity index (χ4v) is 1.83. The van der Waals surface area contributed by atoms with Gasteiger partial charge in [0.25, 0.3) is 0 Å². The molecule has 5 heteroatoms. The van der Waals surface area contributed by atoms with Crippen molar-refractivity contribution in [2.75, 3.05) is 36.4 Å². The van der Waals surface area contributed by atoms with Crippen molar-refractivity contribution in [3.05, 3.63) is 18.3 Å². The first-order valence-corrected chi connectivity index (χ1v) is 6.39. The summed E-state index contributed by atoms with van der Waals surface area (Å²) in [4.78, 5) is 18.2. The quantitative estimate of drug-likeness (QED) is 0.840. The third-order valence-corrected chi connectivity index (χ3v) is 2.98. The van der Waals surface area contributed by atoms with Crippen molar-refractivity contribution in [2.24, 2.45) is 5.92 Å². The van der Waals surface area contributed by atoms with E-state index in [0.29, 0.717) is 0 Å². The normalized spacial score (nSPS) is 15.8. The summed E-state index contributed by atoms with van der Waals surface area (Å²) in [5, 5.41) is 6.15. The molecule has 0 bridgehead atoms. The molecule has 1 aliphatic rings. The zero-order chi connectivity index (χ0) is 13.0. The number of anilines is 2. The lowest BCUT2D eigenvalue weighted by Crippen LogP contribution is -2.43. The first-order chi connectivity index (χ1) is 8.66. The van der Waals surface area contributed by atoms with Crippen LogP contribution in [-0.4, -0.2) is 37.1 Å². The number of nitrogens with zero attached hydrogens (tertiary/aromatic N) is 2. The molecule has 1 saturated heterocycles. The molecule has 0 atom stereocenters. The van der Waals surface area contributed by atoms with E-state index in [4.69, 9.17) is 0 Å². The second-order valence-electron chi connectivity index (χ2n) is 4.79. The van der Waals surface area contributed by atoms with Gasteiger partial charge in [0, 0.05) is 32.1 Å². The van der Waals surface area contributed by atoms with Crippen molar-refractivity contribution in [1.82, 2.24) is 10.3 Å². The highest BCUT2D eigenvalue weighted by Gasteiger charge is 2.12. The van der Waals surface area contributed by atoms with Crippen molar-refractivity contribution in [3.63, 3.8) is 0 Å². The van der Waals surface area contributed by atoms with Crippen molar-refractivity contribution in [1.29, 1.82) is 0 Å². The summed E-state index contributed by atoms with van der Waals surface area (Å²) < 4.78 is 0. The van der Waals surface area contributed by atoms with Crippen LogP contribution in [0.2, 0.25) is 0 Å². The van der Waals surface area contributed by atoms with Crippen molar-refractivity contribution >= 4 is 17.4 Å². The van der Waals surface area contributed by atoms with Crippen LogP contribution in [0.5, 0.6) is 0 Å². The Morgan fingerprint density at radius 3 is 2.67 bits per heavy atom. The lowest BCUT2D eigenvalue weighted by Gasteiger charge is -2.28. The Balaban J connectivity index is 1.98. The Labute approximate surface area is 108 Å². The number of amides is 1. The van der Waals surface area contributed by atoms with Crippen molar-refractivity contribution < 1.29 is 4.79 Å². The number of pyridine rings is 1. The fourth-order valence-electron chi connectivity index (χ4n) is 1.83. The van der Waals surface area contributed by atoms with Crippen LogP contribution in [0.3, 0.4) is 0 Å². The van der Waals surface area contributed by atoms with Gasteiger partial charge in [0.15, 0.2) is 0 Å². The van der Waals surface area contributed by atoms with Crippen LogP contribution in [0.4, 0.5) is 11.5 Å². The Kier molecular flexibility index (Phi) is 4.15. The average molecular weight is 248 g/mol. The molecular weight excluding hydrogens is 228 g/mol. The Morgan fingerprint density at radius 2 is 2.11 bits per heavy atom. The molecule has 0 spiro atoms. The lowest BCUT2D eigenvalue weighted by atomic mass is 10.2. The first kappa shape index (κ1) is 12.8. The molecule has 5 nitrogen and oxygen atoms in total. The number of rotatable bonds is 3. The molecule has 2 rings (SSSR count). The van der Waals surface area contributed by atoms with E-state index in [1.807, 2.05) is 26.0 Å². The molecule has 1 amide bonds. The van der Waals surface area contributed by atoms with Crippen LogP contribution < -0.4 is 15.5 Å². The summed E-state index contributed by atoms with van der Waals surface area (Å²) in [5.41, 5.74) is 0.757. The van der Waals surface area contributed by atoms with Gasteiger partial charge in [-0.25, -0.2) is 4.98 Å². The predicted octanol–water partition coefficient (Wildman–Crippen LogP) is 1.09. The van der Waals surface area contributed by atoms with Gasteiger partial charge in [-0.2, -0.15) is 0 Å². The van der Waals surface area contributed by atoms with Gasteiger partial charge < -0.3 is 15.5 Å². The zero-order valence-electron chi connectivity index (χ0n) is 10.9. The highest BCUT2D eigenvalue weighted by atomic mass is 16.1. The summed E-state index contributed by atoms with van der Waals surface area (Å²) in [6.07, 6.45) is 1.72. The van der Waals surface area contributed by atoms with E-state index in [9.17, 15) is 4.79 Å². The second kappa shape index (κ2) is 5.82. The van der Waals surface area contributed by atoms with Crippen LogP contribution in [0, 0.1) is 5.92 Å². The number of hydrogen-bond donors (Lipinski definition) is 2. The van der Waals surface area contributed by atoms with E-state index in [1.165, 1.54) is 0 Å². The summed E-state index contributed by atoms with van der Waals surface area (Å²) in [5.74, 6) is 0.976. The van der Waals surface area contributed by atoms with Gasteiger partial charge >= 0.3 is 0 Å². The minimum atomic E-state index is -0.0159. The highest BCUT2D eigenvalue weighted by molar-refractivity contribution is 5.91. The Hall–Kier alpha value is -1.62. The molecule has 98 valence electrons. The molecular formula is C13H20N4O. The predicted molar refractivity (Wildman–Crippen MR) is 72.8 cm³/mol. The van der Waals surface area contributed by atoms with E-state index in [-0.39, 0.29) is 11.8 Å². The maximum atomic E-state index is 11.5. The van der Waals surface area contributed by atoms with Gasteiger partial charge in [-0.15, -0.1) is 0 Å². The Morgan fingerprint density at radius 1 is 1.39 bits per heavy atom.